The lowest BCUT2D eigenvalue weighted by molar-refractivity contribution is 0.0176. The maximum absolute atomic E-state index is 11.9. The van der Waals surface area contributed by atoms with E-state index in [-0.39, 0.29) is 18.1 Å². The van der Waals surface area contributed by atoms with E-state index >= 15 is 0 Å². The summed E-state index contributed by atoms with van der Waals surface area (Å²) in [4.78, 5) is 11.9. The third-order valence-electron chi connectivity index (χ3n) is 3.00. The van der Waals surface area contributed by atoms with Crippen molar-refractivity contribution in [2.45, 2.75) is 25.0 Å². The molecular weight excluding hydrogens is 240 g/mol. The SMILES string of the molecule is COC1CC(NC(=O)c2cc(N)ccc2Cl)C1. The number of hydrogen-bond donors (Lipinski definition) is 2. The maximum atomic E-state index is 11.9. The van der Waals surface area contributed by atoms with Gasteiger partial charge in [0.2, 0.25) is 0 Å². The summed E-state index contributed by atoms with van der Waals surface area (Å²) in [6.45, 7) is 0. The Morgan fingerprint density at radius 3 is 2.88 bits per heavy atom. The lowest BCUT2D eigenvalue weighted by Crippen LogP contribution is -2.47. The van der Waals surface area contributed by atoms with Crippen molar-refractivity contribution in [1.29, 1.82) is 0 Å². The lowest BCUT2D eigenvalue weighted by Gasteiger charge is -2.34. The summed E-state index contributed by atoms with van der Waals surface area (Å²) in [7, 11) is 1.68. The Hall–Kier alpha value is -1.26. The second kappa shape index (κ2) is 4.94. The zero-order chi connectivity index (χ0) is 12.4. The molecule has 1 aliphatic carbocycles. The van der Waals surface area contributed by atoms with Crippen LogP contribution in [0.1, 0.15) is 23.2 Å². The molecule has 0 unspecified atom stereocenters. The Morgan fingerprint density at radius 2 is 2.24 bits per heavy atom. The van der Waals surface area contributed by atoms with E-state index in [0.29, 0.717) is 16.3 Å². The highest BCUT2D eigenvalue weighted by Crippen LogP contribution is 2.24. The highest BCUT2D eigenvalue weighted by atomic mass is 35.5. The van der Waals surface area contributed by atoms with Crippen LogP contribution in [0.25, 0.3) is 0 Å². The van der Waals surface area contributed by atoms with Crippen LogP contribution in [0.2, 0.25) is 5.02 Å². The van der Waals surface area contributed by atoms with Crippen LogP contribution in [-0.2, 0) is 4.74 Å². The number of carbonyl (C=O) groups is 1. The molecule has 0 heterocycles. The highest BCUT2D eigenvalue weighted by Gasteiger charge is 2.30. The summed E-state index contributed by atoms with van der Waals surface area (Å²) < 4.78 is 5.15. The largest absolute Gasteiger partial charge is 0.399 e. The molecule has 0 spiro atoms. The van der Waals surface area contributed by atoms with Crippen molar-refractivity contribution in [2.24, 2.45) is 0 Å². The molecule has 2 rings (SSSR count). The number of amides is 1. The topological polar surface area (TPSA) is 64.3 Å². The Morgan fingerprint density at radius 1 is 1.53 bits per heavy atom. The minimum absolute atomic E-state index is 0.171. The minimum Gasteiger partial charge on any atom is -0.399 e. The standard InChI is InChI=1S/C12H15ClN2O2/c1-17-9-5-8(6-9)15-12(16)10-4-7(14)2-3-11(10)13/h2-4,8-9H,5-6,14H2,1H3,(H,15,16). The lowest BCUT2D eigenvalue weighted by atomic mass is 9.89. The van der Waals surface area contributed by atoms with E-state index in [1.54, 1.807) is 25.3 Å². The fourth-order valence-electron chi connectivity index (χ4n) is 1.86. The number of benzene rings is 1. The van der Waals surface area contributed by atoms with Gasteiger partial charge in [-0.2, -0.15) is 0 Å². The molecule has 1 fully saturated rings. The van der Waals surface area contributed by atoms with Gasteiger partial charge in [-0.25, -0.2) is 0 Å². The molecule has 0 bridgehead atoms. The molecule has 1 aromatic rings. The summed E-state index contributed by atoms with van der Waals surface area (Å²) >= 11 is 5.95. The van der Waals surface area contributed by atoms with Gasteiger partial charge >= 0.3 is 0 Å². The van der Waals surface area contributed by atoms with Crippen molar-refractivity contribution in [3.63, 3.8) is 0 Å². The molecule has 1 amide bonds. The van der Waals surface area contributed by atoms with Gasteiger partial charge in [-0.1, -0.05) is 11.6 Å². The van der Waals surface area contributed by atoms with E-state index in [9.17, 15) is 4.79 Å². The molecule has 0 aliphatic heterocycles. The van der Waals surface area contributed by atoms with Crippen LogP contribution in [0.15, 0.2) is 18.2 Å². The number of rotatable bonds is 3. The van der Waals surface area contributed by atoms with Crippen molar-refractivity contribution in [3.8, 4) is 0 Å². The van der Waals surface area contributed by atoms with Crippen LogP contribution < -0.4 is 11.1 Å². The number of carbonyl (C=O) groups excluding carboxylic acids is 1. The van der Waals surface area contributed by atoms with E-state index < -0.39 is 0 Å². The third-order valence-corrected chi connectivity index (χ3v) is 3.33. The van der Waals surface area contributed by atoms with Crippen LogP contribution in [0, 0.1) is 0 Å². The second-order valence-electron chi connectivity index (χ2n) is 4.24. The number of nitrogens with two attached hydrogens (primary N) is 1. The predicted molar refractivity (Wildman–Crippen MR) is 67.1 cm³/mol. The first-order chi connectivity index (χ1) is 8.10. The van der Waals surface area contributed by atoms with Gasteiger partial charge in [0, 0.05) is 18.8 Å². The number of halogens is 1. The van der Waals surface area contributed by atoms with E-state index in [4.69, 9.17) is 22.1 Å². The average molecular weight is 255 g/mol. The molecule has 0 saturated heterocycles. The van der Waals surface area contributed by atoms with Gasteiger partial charge in [0.25, 0.3) is 5.91 Å². The van der Waals surface area contributed by atoms with Crippen molar-refractivity contribution < 1.29 is 9.53 Å². The molecule has 4 nitrogen and oxygen atoms in total. The van der Waals surface area contributed by atoms with E-state index in [0.717, 1.165) is 12.8 Å². The number of hydrogen-bond acceptors (Lipinski definition) is 3. The third kappa shape index (κ3) is 2.70. The Labute approximate surface area is 105 Å². The van der Waals surface area contributed by atoms with Gasteiger partial charge in [-0.15, -0.1) is 0 Å². The molecule has 0 atom stereocenters. The van der Waals surface area contributed by atoms with Crippen molar-refractivity contribution in [3.05, 3.63) is 28.8 Å². The van der Waals surface area contributed by atoms with Crippen LogP contribution in [0.3, 0.4) is 0 Å². The predicted octanol–water partition coefficient (Wildman–Crippen LogP) is 1.83. The normalized spacial score (nSPS) is 22.9. The van der Waals surface area contributed by atoms with Crippen LogP contribution in [0.5, 0.6) is 0 Å². The minimum atomic E-state index is -0.179. The monoisotopic (exact) mass is 254 g/mol. The summed E-state index contributed by atoms with van der Waals surface area (Å²) in [6, 6.07) is 5.06. The molecule has 92 valence electrons. The van der Waals surface area contributed by atoms with Crippen molar-refractivity contribution in [2.75, 3.05) is 12.8 Å². The number of anilines is 1. The van der Waals surface area contributed by atoms with Crippen LogP contribution in [0.4, 0.5) is 5.69 Å². The molecule has 0 radical (unpaired) electrons. The molecule has 1 aliphatic rings. The van der Waals surface area contributed by atoms with Gasteiger partial charge in [-0.3, -0.25) is 4.79 Å². The van der Waals surface area contributed by atoms with E-state index in [2.05, 4.69) is 5.32 Å². The summed E-state index contributed by atoms with van der Waals surface area (Å²) in [5.74, 6) is -0.179. The first-order valence-corrected chi connectivity index (χ1v) is 5.86. The van der Waals surface area contributed by atoms with E-state index in [1.165, 1.54) is 0 Å². The Kier molecular flexibility index (Phi) is 3.54. The first kappa shape index (κ1) is 12.2. The first-order valence-electron chi connectivity index (χ1n) is 5.49. The summed E-state index contributed by atoms with van der Waals surface area (Å²) in [6.07, 6.45) is 1.96. The van der Waals surface area contributed by atoms with E-state index in [1.807, 2.05) is 0 Å². The number of ether oxygens (including phenoxy) is 1. The summed E-state index contributed by atoms with van der Waals surface area (Å²) in [5, 5.41) is 3.32. The number of methoxy groups -OCH3 is 1. The van der Waals surface area contributed by atoms with Crippen LogP contribution >= 0.6 is 11.6 Å². The van der Waals surface area contributed by atoms with Crippen LogP contribution in [-0.4, -0.2) is 25.2 Å². The fourth-order valence-corrected chi connectivity index (χ4v) is 2.06. The number of nitrogens with one attached hydrogen (secondary N) is 1. The molecule has 1 aromatic carbocycles. The van der Waals surface area contributed by atoms with Gasteiger partial charge in [0.15, 0.2) is 0 Å². The Balaban J connectivity index is 1.98. The Bertz CT molecular complexity index is 431. The van der Waals surface area contributed by atoms with Gasteiger partial charge < -0.3 is 15.8 Å². The molecular formula is C12H15ClN2O2. The van der Waals surface area contributed by atoms with Gasteiger partial charge in [0.1, 0.15) is 0 Å². The smallest absolute Gasteiger partial charge is 0.253 e. The maximum Gasteiger partial charge on any atom is 0.253 e. The zero-order valence-electron chi connectivity index (χ0n) is 9.57. The molecule has 3 N–H and O–H groups in total. The van der Waals surface area contributed by atoms with Gasteiger partial charge in [-0.05, 0) is 31.0 Å². The summed E-state index contributed by atoms with van der Waals surface area (Å²) in [5.41, 5.74) is 6.58. The average Bonchev–Trinajstić information content (AvgIpc) is 2.25. The van der Waals surface area contributed by atoms with Gasteiger partial charge in [0.05, 0.1) is 16.7 Å². The van der Waals surface area contributed by atoms with Crippen molar-refractivity contribution in [1.82, 2.24) is 5.32 Å². The molecule has 5 heteroatoms. The quantitative estimate of drug-likeness (QED) is 0.809. The number of nitrogen functional groups attached to an aromatic ring is 1. The molecule has 0 aromatic heterocycles. The zero-order valence-corrected chi connectivity index (χ0v) is 10.3. The molecule has 17 heavy (non-hydrogen) atoms. The van der Waals surface area contributed by atoms with Crippen molar-refractivity contribution >= 4 is 23.2 Å². The highest BCUT2D eigenvalue weighted by molar-refractivity contribution is 6.34. The molecule has 1 saturated carbocycles. The fraction of sp³-hybridized carbons (Fsp3) is 0.417. The second-order valence-corrected chi connectivity index (χ2v) is 4.65.